The number of nitrogens with zero attached hydrogens (tertiary/aromatic N) is 2. The van der Waals surface area contributed by atoms with Crippen LogP contribution in [0.1, 0.15) is 11.9 Å². The highest BCUT2D eigenvalue weighted by Gasteiger charge is 2.40. The molecule has 3 rings (SSSR count). The van der Waals surface area contributed by atoms with Gasteiger partial charge in [-0.05, 0) is 30.7 Å². The van der Waals surface area contributed by atoms with Crippen LogP contribution in [-0.4, -0.2) is 44.9 Å². The van der Waals surface area contributed by atoms with E-state index in [1.807, 2.05) is 0 Å². The van der Waals surface area contributed by atoms with Gasteiger partial charge in [0.15, 0.2) is 0 Å². The van der Waals surface area contributed by atoms with Crippen molar-refractivity contribution in [2.24, 2.45) is 0 Å². The highest BCUT2D eigenvalue weighted by atomic mass is 16.2. The Morgan fingerprint density at radius 3 is 2.54 bits per heavy atom. The van der Waals surface area contributed by atoms with Crippen LogP contribution < -0.4 is 22.1 Å². The van der Waals surface area contributed by atoms with E-state index < -0.39 is 35.0 Å². The van der Waals surface area contributed by atoms with Crippen molar-refractivity contribution in [1.82, 2.24) is 14.9 Å². The lowest BCUT2D eigenvalue weighted by molar-refractivity contribution is -0.135. The molecule has 7 nitrogen and oxygen atoms in total. The van der Waals surface area contributed by atoms with Gasteiger partial charge in [0.05, 0.1) is 26.6 Å². The van der Waals surface area contributed by atoms with Crippen LogP contribution in [0, 0.1) is 6.92 Å². The van der Waals surface area contributed by atoms with E-state index in [1.54, 1.807) is 6.92 Å². The van der Waals surface area contributed by atoms with E-state index in [1.165, 1.54) is 12.1 Å². The van der Waals surface area contributed by atoms with Crippen LogP contribution in [0.3, 0.4) is 0 Å². The van der Waals surface area contributed by atoms with Gasteiger partial charge in [-0.25, -0.2) is 4.98 Å². The summed E-state index contributed by atoms with van der Waals surface area (Å²) in [6.07, 6.45) is 0. The number of amides is 2. The summed E-state index contributed by atoms with van der Waals surface area (Å²) >= 11 is 0. The molecule has 0 spiro atoms. The lowest BCUT2D eigenvalue weighted by Crippen LogP contribution is -2.50. The Morgan fingerprint density at radius 2 is 1.88 bits per heavy atom. The van der Waals surface area contributed by atoms with Gasteiger partial charge in [0.25, 0.3) is 5.56 Å². The Hall–Kier alpha value is -2.51. The van der Waals surface area contributed by atoms with E-state index in [0.29, 0.717) is 11.0 Å². The quantitative estimate of drug-likeness (QED) is 0.366. The summed E-state index contributed by atoms with van der Waals surface area (Å²) in [5.41, 5.74) is 6.15. The van der Waals surface area contributed by atoms with Crippen molar-refractivity contribution < 1.29 is 9.59 Å². The molecule has 1 saturated heterocycles. The molecule has 114 valence electrons. The number of nitrogens with two attached hydrogens (primary N) is 1. The molecule has 10 heteroatoms. The number of anilines is 1. The third kappa shape index (κ3) is 2.33. The van der Waals surface area contributed by atoms with Gasteiger partial charge >= 0.3 is 0 Å². The molecular formula is C14H11B3N4O3. The van der Waals surface area contributed by atoms with Gasteiger partial charge in [0, 0.05) is 5.69 Å². The Labute approximate surface area is 141 Å². The zero-order valence-corrected chi connectivity index (χ0v) is 12.8. The summed E-state index contributed by atoms with van der Waals surface area (Å²) in [7, 11) is 17.4. The molecule has 2 heterocycles. The zero-order valence-electron chi connectivity index (χ0n) is 12.8. The van der Waals surface area contributed by atoms with E-state index in [-0.39, 0.29) is 16.9 Å². The second-order valence-corrected chi connectivity index (χ2v) is 5.74. The summed E-state index contributed by atoms with van der Waals surface area (Å²) in [6.45, 7) is 1.54. The number of aromatic nitrogens is 2. The average Bonchev–Trinajstić information content (AvgIpc) is 2.47. The molecule has 3 N–H and O–H groups in total. The number of nitrogens with one attached hydrogen (secondary N) is 1. The van der Waals surface area contributed by atoms with Crippen LogP contribution in [0.15, 0.2) is 16.9 Å². The fourth-order valence-electron chi connectivity index (χ4n) is 2.93. The Kier molecular flexibility index (Phi) is 3.78. The second-order valence-electron chi connectivity index (χ2n) is 5.74. The Morgan fingerprint density at radius 1 is 1.21 bits per heavy atom. The largest absolute Gasteiger partial charge is 0.398 e. The Bertz CT molecular complexity index is 943. The topological polar surface area (TPSA) is 107 Å². The molecule has 0 bridgehead atoms. The SMILES string of the molecule is [B]c1cc(N)c2c(=O)n(C3C(=O)NC(=O)C([B])C3[B])c(C)nc2c1. The monoisotopic (exact) mass is 316 g/mol. The number of rotatable bonds is 1. The van der Waals surface area contributed by atoms with Crippen LogP contribution in [-0.2, 0) is 9.59 Å². The van der Waals surface area contributed by atoms with Gasteiger partial charge in [-0.15, -0.1) is 0 Å². The summed E-state index contributed by atoms with van der Waals surface area (Å²) < 4.78 is 1.11. The van der Waals surface area contributed by atoms with E-state index in [4.69, 9.17) is 29.3 Å². The fraction of sp³-hybridized carbons (Fsp3) is 0.286. The number of benzene rings is 1. The molecular weight excluding hydrogens is 305 g/mol. The maximum atomic E-state index is 12.9. The van der Waals surface area contributed by atoms with Crippen molar-refractivity contribution in [2.45, 2.75) is 24.6 Å². The van der Waals surface area contributed by atoms with Gasteiger partial charge in [-0.3, -0.25) is 24.3 Å². The smallest absolute Gasteiger partial charge is 0.264 e. The first-order valence-corrected chi connectivity index (χ1v) is 7.16. The standard InChI is InChI=1S/C14H11B3N4O3/c1-4-19-7-3-5(15)2-6(18)8(7)14(24)21(4)11-9(16)10(17)12(22)20-13(11)23/h2-3,9-11H,18H2,1H3,(H,20,22,23). The molecule has 2 aromatic rings. The van der Waals surface area contributed by atoms with Crippen molar-refractivity contribution in [2.75, 3.05) is 5.73 Å². The van der Waals surface area contributed by atoms with E-state index in [2.05, 4.69) is 10.3 Å². The van der Waals surface area contributed by atoms with Crippen molar-refractivity contribution >= 4 is 57.4 Å². The third-order valence-electron chi connectivity index (χ3n) is 4.11. The van der Waals surface area contributed by atoms with Crippen LogP contribution in [0.2, 0.25) is 11.6 Å². The van der Waals surface area contributed by atoms with Crippen LogP contribution in [0.25, 0.3) is 10.9 Å². The average molecular weight is 316 g/mol. The van der Waals surface area contributed by atoms with Gasteiger partial charge in [0.2, 0.25) is 11.8 Å². The Balaban J connectivity index is 2.29. The number of hydrogen-bond donors (Lipinski definition) is 2. The summed E-state index contributed by atoms with van der Waals surface area (Å²) in [6, 6.07) is 1.78. The maximum Gasteiger partial charge on any atom is 0.264 e. The molecule has 1 fully saturated rings. The van der Waals surface area contributed by atoms with Crippen LogP contribution in [0.4, 0.5) is 5.69 Å². The predicted molar refractivity (Wildman–Crippen MR) is 91.7 cm³/mol. The van der Waals surface area contributed by atoms with Crippen molar-refractivity contribution in [3.05, 3.63) is 28.3 Å². The van der Waals surface area contributed by atoms with E-state index in [9.17, 15) is 14.4 Å². The van der Waals surface area contributed by atoms with Gasteiger partial charge in [-0.2, -0.15) is 0 Å². The van der Waals surface area contributed by atoms with Crippen LogP contribution in [0.5, 0.6) is 0 Å². The number of fused-ring (bicyclic) bond motifs is 1. The minimum absolute atomic E-state index is 0.125. The van der Waals surface area contributed by atoms with Gasteiger partial charge in [0.1, 0.15) is 19.7 Å². The van der Waals surface area contributed by atoms with Crippen molar-refractivity contribution in [3.63, 3.8) is 0 Å². The van der Waals surface area contributed by atoms with E-state index in [0.717, 1.165) is 4.57 Å². The molecule has 0 aliphatic carbocycles. The van der Waals surface area contributed by atoms with Crippen LogP contribution >= 0.6 is 0 Å². The molecule has 3 atom stereocenters. The third-order valence-corrected chi connectivity index (χ3v) is 4.11. The number of nitrogen functional groups attached to an aromatic ring is 1. The molecule has 1 aromatic heterocycles. The lowest BCUT2D eigenvalue weighted by atomic mass is 9.61. The highest BCUT2D eigenvalue weighted by Crippen LogP contribution is 2.34. The van der Waals surface area contributed by atoms with E-state index >= 15 is 0 Å². The zero-order chi connectivity index (χ0) is 17.8. The first-order valence-electron chi connectivity index (χ1n) is 7.16. The number of aryl methyl sites for hydroxylation is 1. The number of carbonyl (C=O) groups is 2. The fourth-order valence-corrected chi connectivity index (χ4v) is 2.93. The number of piperidine rings is 1. The lowest BCUT2D eigenvalue weighted by Gasteiger charge is -2.34. The predicted octanol–water partition coefficient (Wildman–Crippen LogP) is -1.81. The van der Waals surface area contributed by atoms with Crippen molar-refractivity contribution in [1.29, 1.82) is 0 Å². The number of imide groups is 1. The molecule has 0 saturated carbocycles. The summed E-state index contributed by atoms with van der Waals surface area (Å²) in [4.78, 5) is 41.0. The molecule has 1 aliphatic rings. The van der Waals surface area contributed by atoms with Gasteiger partial charge < -0.3 is 5.73 Å². The first kappa shape index (κ1) is 16.4. The number of carbonyl (C=O) groups excluding carboxylic acids is 2. The van der Waals surface area contributed by atoms with Gasteiger partial charge in [-0.1, -0.05) is 5.46 Å². The maximum absolute atomic E-state index is 12.9. The molecule has 1 aliphatic heterocycles. The second kappa shape index (κ2) is 5.54. The van der Waals surface area contributed by atoms with Crippen molar-refractivity contribution in [3.8, 4) is 0 Å². The first-order chi connectivity index (χ1) is 11.2. The normalized spacial score (nSPS) is 24.1. The highest BCUT2D eigenvalue weighted by molar-refractivity contribution is 6.34. The molecule has 6 radical (unpaired) electrons. The summed E-state index contributed by atoms with van der Waals surface area (Å²) in [5, 5.41) is 2.24. The molecule has 24 heavy (non-hydrogen) atoms. The number of hydrogen-bond acceptors (Lipinski definition) is 5. The molecule has 1 aromatic carbocycles. The molecule has 3 unspecified atom stereocenters. The molecule has 2 amide bonds. The summed E-state index contributed by atoms with van der Waals surface area (Å²) in [5.74, 6) is -3.37. The minimum Gasteiger partial charge on any atom is -0.398 e. The minimum atomic E-state index is -1.17.